The van der Waals surface area contributed by atoms with Crippen molar-refractivity contribution in [1.82, 2.24) is 0 Å². The van der Waals surface area contributed by atoms with Gasteiger partial charge >= 0.3 is 0 Å². The molecule has 0 aromatic heterocycles. The molecule has 1 aliphatic rings. The third-order valence-corrected chi connectivity index (χ3v) is 6.09. The van der Waals surface area contributed by atoms with E-state index in [1.807, 2.05) is 38.1 Å². The Morgan fingerprint density at radius 3 is 2.70 bits per heavy atom. The number of aliphatic hydroxyl groups excluding tert-OH is 3. The van der Waals surface area contributed by atoms with Crippen molar-refractivity contribution in [3.8, 4) is 5.75 Å². The van der Waals surface area contributed by atoms with E-state index in [0.29, 0.717) is 25.0 Å². The van der Waals surface area contributed by atoms with Crippen LogP contribution in [0, 0.1) is 11.8 Å². The summed E-state index contributed by atoms with van der Waals surface area (Å²) in [6.07, 6.45) is 5.39. The molecule has 0 saturated heterocycles. The number of carbonyl (C=O) groups excluding carboxylic acids is 1. The molecule has 0 aliphatic heterocycles. The van der Waals surface area contributed by atoms with Gasteiger partial charge in [0.1, 0.15) is 12.0 Å². The van der Waals surface area contributed by atoms with Crippen molar-refractivity contribution in [2.75, 3.05) is 13.9 Å². The molecule has 1 aromatic carbocycles. The molecule has 168 valence electrons. The van der Waals surface area contributed by atoms with Crippen LogP contribution in [0.25, 0.3) is 0 Å². The van der Waals surface area contributed by atoms with E-state index in [1.165, 1.54) is 0 Å². The zero-order chi connectivity index (χ0) is 22.1. The van der Waals surface area contributed by atoms with Gasteiger partial charge in [-0.3, -0.25) is 0 Å². The van der Waals surface area contributed by atoms with Gasteiger partial charge in [-0.25, -0.2) is 0 Å². The third kappa shape index (κ3) is 6.14. The number of aryl methyl sites for hydroxylation is 1. The molecule has 0 amide bonds. The summed E-state index contributed by atoms with van der Waals surface area (Å²) in [7, 11) is 1.55. The Hall–Kier alpha value is -1.73. The molecule has 0 heterocycles. The lowest BCUT2D eigenvalue weighted by Crippen LogP contribution is -2.21. The van der Waals surface area contributed by atoms with E-state index in [1.54, 1.807) is 13.2 Å². The average Bonchev–Trinajstić information content (AvgIpc) is 3.02. The van der Waals surface area contributed by atoms with Gasteiger partial charge in [0.2, 0.25) is 0 Å². The van der Waals surface area contributed by atoms with Gasteiger partial charge in [-0.1, -0.05) is 50.6 Å². The topological polar surface area (TPSA) is 96.2 Å². The first kappa shape index (κ1) is 24.5. The van der Waals surface area contributed by atoms with Gasteiger partial charge in [0.15, 0.2) is 6.79 Å². The summed E-state index contributed by atoms with van der Waals surface area (Å²) in [5, 5.41) is 31.7. The molecule has 2 rings (SSSR count). The van der Waals surface area contributed by atoms with E-state index in [9.17, 15) is 20.1 Å². The second-order valence-corrected chi connectivity index (χ2v) is 8.18. The zero-order valence-corrected chi connectivity index (χ0v) is 18.2. The first-order valence-electron chi connectivity index (χ1n) is 10.8. The molecule has 0 spiro atoms. The number of hydrogen-bond acceptors (Lipinski definition) is 6. The highest BCUT2D eigenvalue weighted by Crippen LogP contribution is 2.45. The number of unbranched alkanes of at least 4 members (excludes halogenated alkanes) is 1. The van der Waals surface area contributed by atoms with Crippen molar-refractivity contribution >= 4 is 6.29 Å². The molecule has 2 unspecified atom stereocenters. The SMILES string of the molecule is CCC(C)C(O)/C=C/[C@@H]1[C@@H](c2cccc(CCCC=O)c2OCOC)[C@@H](O)C[C@H]1O. The Morgan fingerprint density at radius 1 is 1.27 bits per heavy atom. The van der Waals surface area contributed by atoms with E-state index in [4.69, 9.17) is 9.47 Å². The number of hydrogen-bond donors (Lipinski definition) is 3. The lowest BCUT2D eigenvalue weighted by molar-refractivity contribution is -0.107. The molecule has 6 nitrogen and oxygen atoms in total. The summed E-state index contributed by atoms with van der Waals surface area (Å²) in [5.74, 6) is 0.0567. The first-order chi connectivity index (χ1) is 14.4. The van der Waals surface area contributed by atoms with Crippen molar-refractivity contribution in [3.05, 3.63) is 41.5 Å². The van der Waals surface area contributed by atoms with Gasteiger partial charge in [-0.05, 0) is 24.3 Å². The van der Waals surface area contributed by atoms with Crippen LogP contribution in [-0.4, -0.2) is 53.8 Å². The molecule has 6 heteroatoms. The molecule has 0 bridgehead atoms. The van der Waals surface area contributed by atoms with Crippen molar-refractivity contribution in [1.29, 1.82) is 0 Å². The number of ether oxygens (including phenoxy) is 2. The predicted octanol–water partition coefficient (Wildman–Crippen LogP) is 2.98. The predicted molar refractivity (Wildman–Crippen MR) is 115 cm³/mol. The normalized spacial score (nSPS) is 26.1. The number of carbonyl (C=O) groups is 1. The van der Waals surface area contributed by atoms with Crippen molar-refractivity contribution in [3.63, 3.8) is 0 Å². The van der Waals surface area contributed by atoms with Crippen molar-refractivity contribution < 1.29 is 29.6 Å². The Kier molecular flexibility index (Phi) is 9.98. The van der Waals surface area contributed by atoms with E-state index in [0.717, 1.165) is 23.8 Å². The fourth-order valence-electron chi connectivity index (χ4n) is 4.12. The van der Waals surface area contributed by atoms with Gasteiger partial charge in [0.05, 0.1) is 18.3 Å². The quantitative estimate of drug-likeness (QED) is 0.208. The van der Waals surface area contributed by atoms with Gasteiger partial charge in [0.25, 0.3) is 0 Å². The average molecular weight is 421 g/mol. The summed E-state index contributed by atoms with van der Waals surface area (Å²) in [4.78, 5) is 10.7. The second-order valence-electron chi connectivity index (χ2n) is 8.18. The first-order valence-corrected chi connectivity index (χ1v) is 10.8. The summed E-state index contributed by atoms with van der Waals surface area (Å²) in [6, 6.07) is 5.78. The molecule has 30 heavy (non-hydrogen) atoms. The number of benzene rings is 1. The number of aliphatic hydroxyl groups is 3. The monoisotopic (exact) mass is 420 g/mol. The molecular formula is C24H36O6. The highest BCUT2D eigenvalue weighted by molar-refractivity contribution is 5.50. The van der Waals surface area contributed by atoms with Gasteiger partial charge in [-0.15, -0.1) is 0 Å². The fourth-order valence-corrected chi connectivity index (χ4v) is 4.12. The molecule has 6 atom stereocenters. The molecule has 1 aromatic rings. The summed E-state index contributed by atoms with van der Waals surface area (Å²) >= 11 is 0. The van der Waals surface area contributed by atoms with Crippen LogP contribution in [0.1, 0.15) is 56.6 Å². The molecule has 1 fully saturated rings. The lowest BCUT2D eigenvalue weighted by atomic mass is 9.84. The minimum atomic E-state index is -0.731. The van der Waals surface area contributed by atoms with Gasteiger partial charge < -0.3 is 29.6 Å². The van der Waals surface area contributed by atoms with Crippen LogP contribution < -0.4 is 4.74 Å². The number of rotatable bonds is 12. The highest BCUT2D eigenvalue weighted by Gasteiger charge is 2.42. The third-order valence-electron chi connectivity index (χ3n) is 6.09. The molecule has 3 N–H and O–H groups in total. The lowest BCUT2D eigenvalue weighted by Gasteiger charge is -2.26. The molecule has 0 radical (unpaired) electrons. The number of para-hydroxylation sites is 1. The maximum absolute atomic E-state index is 10.8. The standard InChI is InChI=1S/C24H36O6/c1-4-16(2)20(26)12-11-18-21(27)14-22(28)23(18)19-10-7-9-17(8-5-6-13-25)24(19)30-15-29-3/h7,9-13,16,18,20-23,26-28H,4-6,8,14-15H2,1-3H3/b12-11+/t16?,18-,20?,21+,22-,23-/m0/s1. The van der Waals surface area contributed by atoms with Crippen LogP contribution in [0.15, 0.2) is 30.4 Å². The minimum absolute atomic E-state index is 0.0658. The van der Waals surface area contributed by atoms with Crippen LogP contribution in [0.3, 0.4) is 0 Å². The zero-order valence-electron chi connectivity index (χ0n) is 18.2. The molecule has 1 aliphatic carbocycles. The summed E-state index contributed by atoms with van der Waals surface area (Å²) in [6.45, 7) is 4.07. The Bertz CT molecular complexity index is 688. The Morgan fingerprint density at radius 2 is 2.03 bits per heavy atom. The van der Waals surface area contributed by atoms with E-state index < -0.39 is 18.3 Å². The van der Waals surface area contributed by atoms with Crippen LogP contribution in [0.5, 0.6) is 5.75 Å². The van der Waals surface area contributed by atoms with E-state index in [2.05, 4.69) is 0 Å². The Labute approximate surface area is 179 Å². The number of methoxy groups -OCH3 is 1. The largest absolute Gasteiger partial charge is 0.467 e. The summed E-state index contributed by atoms with van der Waals surface area (Å²) in [5.41, 5.74) is 1.76. The van der Waals surface area contributed by atoms with Crippen LogP contribution in [0.2, 0.25) is 0 Å². The van der Waals surface area contributed by atoms with Crippen LogP contribution >= 0.6 is 0 Å². The fraction of sp³-hybridized carbons (Fsp3) is 0.625. The van der Waals surface area contributed by atoms with Crippen molar-refractivity contribution in [2.45, 2.75) is 70.2 Å². The molecule has 1 saturated carbocycles. The maximum Gasteiger partial charge on any atom is 0.188 e. The minimum Gasteiger partial charge on any atom is -0.467 e. The maximum atomic E-state index is 10.8. The van der Waals surface area contributed by atoms with Crippen molar-refractivity contribution in [2.24, 2.45) is 11.8 Å². The van der Waals surface area contributed by atoms with Crippen LogP contribution in [-0.2, 0) is 16.0 Å². The highest BCUT2D eigenvalue weighted by atomic mass is 16.7. The number of aldehydes is 1. The Balaban J connectivity index is 2.38. The van der Waals surface area contributed by atoms with Gasteiger partial charge in [0, 0.05) is 37.4 Å². The second kappa shape index (κ2) is 12.2. The molecular weight excluding hydrogens is 384 g/mol. The van der Waals surface area contributed by atoms with Gasteiger partial charge in [-0.2, -0.15) is 0 Å². The van der Waals surface area contributed by atoms with Crippen LogP contribution in [0.4, 0.5) is 0 Å². The summed E-state index contributed by atoms with van der Waals surface area (Å²) < 4.78 is 11.0. The smallest absolute Gasteiger partial charge is 0.188 e. The van der Waals surface area contributed by atoms with E-state index in [-0.39, 0.29) is 31.0 Å². The van der Waals surface area contributed by atoms with E-state index >= 15 is 0 Å².